The summed E-state index contributed by atoms with van der Waals surface area (Å²) in [5.41, 5.74) is 0. The second kappa shape index (κ2) is 15.7. The Morgan fingerprint density at radius 3 is 1.65 bits per heavy atom. The second-order valence-corrected chi connectivity index (χ2v) is 10.3. The zero-order valence-electron chi connectivity index (χ0n) is 22.6. The lowest BCUT2D eigenvalue weighted by molar-refractivity contribution is -0.264. The third kappa shape index (κ3) is 9.30. The maximum absolute atomic E-state index is 10.2. The molecular weight excluding hydrogens is 436 g/mol. The van der Waals surface area contributed by atoms with Gasteiger partial charge in [0.2, 0.25) is 0 Å². The van der Waals surface area contributed by atoms with Crippen molar-refractivity contribution in [1.29, 1.82) is 0 Å². The number of hydrogen-bond acceptors (Lipinski definition) is 7. The van der Waals surface area contributed by atoms with Gasteiger partial charge in [0.05, 0.1) is 24.9 Å². The summed E-state index contributed by atoms with van der Waals surface area (Å²) in [6, 6.07) is 0. The fraction of sp³-hybridized carbons (Fsp3) is 1.00. The number of rotatable bonds is 17. The van der Waals surface area contributed by atoms with Crippen LogP contribution in [0.3, 0.4) is 0 Å². The van der Waals surface area contributed by atoms with E-state index in [4.69, 9.17) is 28.4 Å². The first-order valence-corrected chi connectivity index (χ1v) is 13.8. The Hall–Kier alpha value is -0.280. The first-order chi connectivity index (χ1) is 16.4. The minimum absolute atomic E-state index is 0.0746. The Morgan fingerprint density at radius 2 is 1.18 bits per heavy atom. The lowest BCUT2D eigenvalue weighted by atomic mass is 9.91. The molecule has 1 N–H and O–H groups in total. The van der Waals surface area contributed by atoms with Crippen molar-refractivity contribution in [3.63, 3.8) is 0 Å². The summed E-state index contributed by atoms with van der Waals surface area (Å²) in [5, 5.41) is 10.2. The van der Waals surface area contributed by atoms with E-state index in [1.54, 1.807) is 0 Å². The van der Waals surface area contributed by atoms with Gasteiger partial charge in [-0.05, 0) is 59.3 Å². The standard InChI is InChI=1S/C27H52O7/c1-7-10-16-29-24-22(15-13-14-21-20(4)33-27(5,6)34-21)32-23(19-28)25(30-17-11-8-2)26(24)31-18-12-9-3/h20-26,28H,7-19H2,1-6H3/t20?,21?,22-,23?,24+,25?,26?/m1/s1. The highest BCUT2D eigenvalue weighted by Crippen LogP contribution is 2.34. The third-order valence-corrected chi connectivity index (χ3v) is 6.74. The molecule has 202 valence electrons. The maximum Gasteiger partial charge on any atom is 0.163 e. The molecule has 5 unspecified atom stereocenters. The summed E-state index contributed by atoms with van der Waals surface area (Å²) in [7, 11) is 0. The van der Waals surface area contributed by atoms with Gasteiger partial charge in [0, 0.05) is 19.8 Å². The van der Waals surface area contributed by atoms with Gasteiger partial charge in [-0.1, -0.05) is 40.0 Å². The predicted octanol–water partition coefficient (Wildman–Crippen LogP) is 5.01. The molecule has 2 saturated heterocycles. The van der Waals surface area contributed by atoms with Crippen LogP contribution in [0, 0.1) is 0 Å². The molecule has 0 bridgehead atoms. The minimum Gasteiger partial charge on any atom is -0.394 e. The van der Waals surface area contributed by atoms with E-state index in [-0.39, 0.29) is 43.2 Å². The average molecular weight is 489 g/mol. The highest BCUT2D eigenvalue weighted by atomic mass is 16.7. The van der Waals surface area contributed by atoms with Crippen LogP contribution < -0.4 is 0 Å². The van der Waals surface area contributed by atoms with Crippen LogP contribution in [-0.4, -0.2) is 80.0 Å². The SMILES string of the molecule is CCCCOC1C(CO)O[C@H](CCCC2OC(C)(C)OC2C)[C@H](OCCCC)C1OCCCC. The summed E-state index contributed by atoms with van der Waals surface area (Å²) >= 11 is 0. The van der Waals surface area contributed by atoms with E-state index in [1.807, 2.05) is 13.8 Å². The van der Waals surface area contributed by atoms with E-state index >= 15 is 0 Å². The Morgan fingerprint density at radius 1 is 0.676 bits per heavy atom. The molecule has 34 heavy (non-hydrogen) atoms. The Kier molecular flexibility index (Phi) is 13.9. The smallest absolute Gasteiger partial charge is 0.163 e. The fourth-order valence-corrected chi connectivity index (χ4v) is 4.88. The molecular formula is C27H52O7. The van der Waals surface area contributed by atoms with Gasteiger partial charge in [-0.15, -0.1) is 0 Å². The number of aliphatic hydroxyl groups excluding tert-OH is 1. The van der Waals surface area contributed by atoms with Crippen molar-refractivity contribution in [2.45, 2.75) is 148 Å². The van der Waals surface area contributed by atoms with Gasteiger partial charge < -0.3 is 33.5 Å². The molecule has 2 rings (SSSR count). The van der Waals surface area contributed by atoms with Crippen molar-refractivity contribution >= 4 is 0 Å². The highest BCUT2D eigenvalue weighted by Gasteiger charge is 2.48. The van der Waals surface area contributed by atoms with E-state index in [1.165, 1.54) is 0 Å². The lowest BCUT2D eigenvalue weighted by Gasteiger charge is -2.46. The van der Waals surface area contributed by atoms with E-state index in [0.717, 1.165) is 57.8 Å². The molecule has 0 aromatic rings. The number of ether oxygens (including phenoxy) is 6. The number of aliphatic hydroxyl groups is 1. The van der Waals surface area contributed by atoms with Crippen LogP contribution in [0.5, 0.6) is 0 Å². The lowest BCUT2D eigenvalue weighted by Crippen LogP contribution is -2.61. The average Bonchev–Trinajstić information content (AvgIpc) is 3.07. The minimum atomic E-state index is -0.527. The third-order valence-electron chi connectivity index (χ3n) is 6.74. The molecule has 2 fully saturated rings. The Labute approximate surface area is 208 Å². The van der Waals surface area contributed by atoms with Crippen LogP contribution in [0.1, 0.15) is 99.3 Å². The van der Waals surface area contributed by atoms with Crippen molar-refractivity contribution in [3.05, 3.63) is 0 Å². The zero-order chi connectivity index (χ0) is 25.0. The van der Waals surface area contributed by atoms with E-state index in [2.05, 4.69) is 27.7 Å². The van der Waals surface area contributed by atoms with Crippen molar-refractivity contribution in [2.24, 2.45) is 0 Å². The first-order valence-electron chi connectivity index (χ1n) is 13.8. The molecule has 0 amide bonds. The molecule has 2 heterocycles. The number of unbranched alkanes of at least 4 members (excludes halogenated alkanes) is 3. The zero-order valence-corrected chi connectivity index (χ0v) is 22.6. The molecule has 2 aliphatic rings. The molecule has 0 saturated carbocycles. The molecule has 0 aromatic heterocycles. The number of hydrogen-bond donors (Lipinski definition) is 1. The predicted molar refractivity (Wildman–Crippen MR) is 133 cm³/mol. The van der Waals surface area contributed by atoms with Crippen LogP contribution in [0.25, 0.3) is 0 Å². The van der Waals surface area contributed by atoms with Crippen LogP contribution in [0.4, 0.5) is 0 Å². The summed E-state index contributed by atoms with van der Waals surface area (Å²) in [4.78, 5) is 0. The van der Waals surface area contributed by atoms with Gasteiger partial charge >= 0.3 is 0 Å². The summed E-state index contributed by atoms with van der Waals surface area (Å²) in [6.45, 7) is 14.4. The van der Waals surface area contributed by atoms with Crippen LogP contribution in [-0.2, 0) is 28.4 Å². The summed E-state index contributed by atoms with van der Waals surface area (Å²) in [5.74, 6) is -0.527. The molecule has 7 nitrogen and oxygen atoms in total. The summed E-state index contributed by atoms with van der Waals surface area (Å²) in [6.07, 6.45) is 7.57. The van der Waals surface area contributed by atoms with Crippen LogP contribution >= 0.6 is 0 Å². The van der Waals surface area contributed by atoms with Gasteiger partial charge in [-0.25, -0.2) is 0 Å². The van der Waals surface area contributed by atoms with Gasteiger partial charge in [0.1, 0.15) is 24.4 Å². The topological polar surface area (TPSA) is 75.6 Å². The molecule has 7 heteroatoms. The van der Waals surface area contributed by atoms with Gasteiger partial charge in [0.15, 0.2) is 5.79 Å². The van der Waals surface area contributed by atoms with Crippen LogP contribution in [0.2, 0.25) is 0 Å². The van der Waals surface area contributed by atoms with Crippen LogP contribution in [0.15, 0.2) is 0 Å². The monoisotopic (exact) mass is 488 g/mol. The van der Waals surface area contributed by atoms with Gasteiger partial charge in [-0.3, -0.25) is 0 Å². The molecule has 0 aromatic carbocycles. The largest absolute Gasteiger partial charge is 0.394 e. The maximum atomic E-state index is 10.2. The molecule has 7 atom stereocenters. The second-order valence-electron chi connectivity index (χ2n) is 10.3. The molecule has 0 radical (unpaired) electrons. The molecule has 0 spiro atoms. The Bertz CT molecular complexity index is 529. The highest BCUT2D eigenvalue weighted by molar-refractivity contribution is 4.95. The summed E-state index contributed by atoms with van der Waals surface area (Å²) < 4.78 is 37.5. The fourth-order valence-electron chi connectivity index (χ4n) is 4.88. The quantitative estimate of drug-likeness (QED) is 0.288. The van der Waals surface area contributed by atoms with E-state index in [0.29, 0.717) is 19.8 Å². The van der Waals surface area contributed by atoms with E-state index < -0.39 is 11.9 Å². The Balaban J connectivity index is 2.10. The van der Waals surface area contributed by atoms with Gasteiger partial charge in [-0.2, -0.15) is 0 Å². The van der Waals surface area contributed by atoms with Crippen molar-refractivity contribution in [2.75, 3.05) is 26.4 Å². The van der Waals surface area contributed by atoms with Crippen molar-refractivity contribution in [1.82, 2.24) is 0 Å². The van der Waals surface area contributed by atoms with Crippen molar-refractivity contribution in [3.8, 4) is 0 Å². The first kappa shape index (κ1) is 29.9. The molecule has 0 aliphatic carbocycles. The van der Waals surface area contributed by atoms with E-state index in [9.17, 15) is 5.11 Å². The van der Waals surface area contributed by atoms with Gasteiger partial charge in [0.25, 0.3) is 0 Å². The van der Waals surface area contributed by atoms with Crippen molar-refractivity contribution < 1.29 is 33.5 Å². The normalized spacial score (nSPS) is 33.4. The molecule has 2 aliphatic heterocycles.